The van der Waals surface area contributed by atoms with Crippen LogP contribution in [0.4, 0.5) is 11.4 Å². The van der Waals surface area contributed by atoms with Crippen molar-refractivity contribution in [1.82, 2.24) is 10.2 Å². The number of hydrogen-bond donors (Lipinski definition) is 4. The minimum absolute atomic E-state index is 0.00143. The monoisotopic (exact) mass is 799 g/mol. The molecule has 0 unspecified atom stereocenters. The van der Waals surface area contributed by atoms with Gasteiger partial charge in [0.1, 0.15) is 11.5 Å². The van der Waals surface area contributed by atoms with Gasteiger partial charge in [0.05, 0.1) is 33.7 Å². The summed E-state index contributed by atoms with van der Waals surface area (Å²) in [6.07, 6.45) is 18.8. The van der Waals surface area contributed by atoms with Gasteiger partial charge in [-0.1, -0.05) is 92.9 Å². The Morgan fingerprint density at radius 1 is 0.707 bits per heavy atom. The Bertz CT molecular complexity index is 1850. The number of amides is 2. The molecule has 0 aliphatic heterocycles. The lowest BCUT2D eigenvalue weighted by atomic mass is 9.77. The summed E-state index contributed by atoms with van der Waals surface area (Å²) in [5.74, 6) is -1.01. The van der Waals surface area contributed by atoms with Crippen molar-refractivity contribution in [3.05, 3.63) is 58.1 Å². The maximum atomic E-state index is 14.4. The number of aromatic hydroxyl groups is 1. The lowest BCUT2D eigenvalue weighted by molar-refractivity contribution is -0.128. The predicted octanol–water partition coefficient (Wildman–Crippen LogP) is 9.91. The normalized spacial score (nSPS) is 19.3. The molecule has 2 amide bonds. The largest absolute Gasteiger partial charge is 0.507 e. The van der Waals surface area contributed by atoms with E-state index in [1.54, 1.807) is 18.2 Å². The van der Waals surface area contributed by atoms with Gasteiger partial charge in [0.2, 0.25) is 17.6 Å². The van der Waals surface area contributed by atoms with Crippen LogP contribution in [0.2, 0.25) is 0 Å². The van der Waals surface area contributed by atoms with E-state index in [1.165, 1.54) is 57.4 Å². The summed E-state index contributed by atoms with van der Waals surface area (Å²) in [4.78, 5) is 60.2. The van der Waals surface area contributed by atoms with Crippen LogP contribution in [0.25, 0.3) is 5.57 Å². The first-order chi connectivity index (χ1) is 27.6. The molecule has 318 valence electrons. The van der Waals surface area contributed by atoms with Gasteiger partial charge in [-0.25, -0.2) is 0 Å². The van der Waals surface area contributed by atoms with Gasteiger partial charge in [0, 0.05) is 60.5 Å². The number of rotatable bonds is 19. The van der Waals surface area contributed by atoms with E-state index in [1.807, 2.05) is 55.4 Å². The Hall–Kier alpha value is -4.34. The number of phenols is 1. The molecule has 0 heterocycles. The van der Waals surface area contributed by atoms with Crippen molar-refractivity contribution < 1.29 is 29.4 Å². The summed E-state index contributed by atoms with van der Waals surface area (Å²) < 4.78 is 0. The van der Waals surface area contributed by atoms with Crippen LogP contribution >= 0.6 is 0 Å². The van der Waals surface area contributed by atoms with Crippen molar-refractivity contribution in [3.63, 3.8) is 0 Å². The number of ketones is 2. The zero-order valence-electron chi connectivity index (χ0n) is 36.6. The molecule has 2 fully saturated rings. The smallest absolute Gasteiger partial charge is 0.230 e. The third-order valence-corrected chi connectivity index (χ3v) is 13.6. The Kier molecular flexibility index (Phi) is 14.8. The number of phenolic OH excluding ortho intramolecular Hbond substituents is 1. The number of carbonyl (C=O) groups is 4. The first-order valence-corrected chi connectivity index (χ1v) is 22.3. The molecule has 58 heavy (non-hydrogen) atoms. The topological polar surface area (TPSA) is 139 Å². The molecule has 4 aliphatic rings. The predicted molar refractivity (Wildman–Crippen MR) is 233 cm³/mol. The molecular formula is C48H70N4O6. The van der Waals surface area contributed by atoms with Gasteiger partial charge in [-0.15, -0.1) is 0 Å². The fourth-order valence-corrected chi connectivity index (χ4v) is 8.75. The number of nitrogens with one attached hydrogen (secondary N) is 2. The average Bonchev–Trinajstić information content (AvgIpc) is 3.92. The number of nitrogens with zero attached hydrogens (tertiary/aromatic N) is 2. The van der Waals surface area contributed by atoms with Crippen molar-refractivity contribution in [2.45, 2.75) is 145 Å². The quantitative estimate of drug-likeness (QED) is 0.102. The van der Waals surface area contributed by atoms with E-state index >= 15 is 0 Å². The first-order valence-electron chi connectivity index (χ1n) is 22.3. The number of Topliss-reactive ketones (excluding diaryl/α,β-unsaturated/α-hetero) is 1. The zero-order chi connectivity index (χ0) is 42.4. The molecule has 2 saturated carbocycles. The second kappa shape index (κ2) is 19.2. The fourth-order valence-electron chi connectivity index (χ4n) is 8.75. The van der Waals surface area contributed by atoms with Gasteiger partial charge in [0.15, 0.2) is 5.78 Å². The van der Waals surface area contributed by atoms with Gasteiger partial charge >= 0.3 is 0 Å². The van der Waals surface area contributed by atoms with Crippen LogP contribution in [0.5, 0.6) is 5.75 Å². The molecule has 0 spiro atoms. The van der Waals surface area contributed by atoms with E-state index in [9.17, 15) is 29.4 Å². The standard InChI is InChI=1S/C48H70N4O6/c1-9-47(5,6)45(57)49-35-27-33(51(11-3)25-17-23-31-19-13-14-20-31)29-37(53)39(35)41-43(55)42(44(41)56)40-36(50-46(58)48(7,8)10-2)28-34(30-38(40)54)52(12-4)26-18-24-32-21-15-16-22-32/h27-32,53,55H,9-26H2,1-8H3,(H,49,57)(H,50,58)/b42-40+. The summed E-state index contributed by atoms with van der Waals surface area (Å²) >= 11 is 0. The highest BCUT2D eigenvalue weighted by Gasteiger charge is 2.44. The molecule has 1 aromatic rings. The molecule has 0 bridgehead atoms. The third-order valence-electron chi connectivity index (χ3n) is 13.6. The minimum Gasteiger partial charge on any atom is -0.507 e. The van der Waals surface area contributed by atoms with Crippen molar-refractivity contribution in [3.8, 4) is 5.75 Å². The van der Waals surface area contributed by atoms with Gasteiger partial charge in [0.25, 0.3) is 0 Å². The molecule has 4 N–H and O–H groups in total. The van der Waals surface area contributed by atoms with Crippen molar-refractivity contribution in [1.29, 1.82) is 0 Å². The minimum atomic E-state index is -0.769. The van der Waals surface area contributed by atoms with Crippen LogP contribution in [0.3, 0.4) is 0 Å². The molecule has 1 aromatic carbocycles. The summed E-state index contributed by atoms with van der Waals surface area (Å²) in [6, 6.07) is 3.35. The van der Waals surface area contributed by atoms with Crippen LogP contribution < -0.4 is 15.5 Å². The number of anilines is 2. The van der Waals surface area contributed by atoms with Crippen molar-refractivity contribution in [2.24, 2.45) is 22.7 Å². The maximum absolute atomic E-state index is 14.4. The number of likely N-dealkylation sites (N-methyl/N-ethyl adjacent to an activating group) is 1. The second-order valence-electron chi connectivity index (χ2n) is 18.3. The highest BCUT2D eigenvalue weighted by atomic mass is 16.3. The summed E-state index contributed by atoms with van der Waals surface area (Å²) in [5.41, 5.74) is -0.332. The number of hydrogen-bond acceptors (Lipinski definition) is 8. The van der Waals surface area contributed by atoms with E-state index in [4.69, 9.17) is 0 Å². The van der Waals surface area contributed by atoms with Gasteiger partial charge in [-0.05, 0) is 76.4 Å². The molecule has 10 heteroatoms. The number of aliphatic hydroxyl groups excluding tert-OH is 1. The Labute approximate surface area is 347 Å². The van der Waals surface area contributed by atoms with Crippen LogP contribution in [0.15, 0.2) is 52.6 Å². The third kappa shape index (κ3) is 9.91. The molecule has 0 radical (unpaired) electrons. The number of allylic oxidation sites excluding steroid dienone is 5. The van der Waals surface area contributed by atoms with Gasteiger partial charge < -0.3 is 30.6 Å². The summed E-state index contributed by atoms with van der Waals surface area (Å²) in [5, 5.41) is 29.5. The Balaban J connectivity index is 1.54. The SMILES string of the molecule is CCN(CCCC1CCCC1)C1=CC(=O)/C(=C2/C(=O)C(c3c(O)cc(N(CC)CCCC4CCCC4)cc3NC(=O)C(C)(C)CC)=C2O)C(NC(=O)C(C)(C)CC)=C1. The maximum Gasteiger partial charge on any atom is 0.230 e. The van der Waals surface area contributed by atoms with Crippen LogP contribution in [-0.4, -0.2) is 64.7 Å². The van der Waals surface area contributed by atoms with E-state index in [2.05, 4.69) is 20.4 Å². The Morgan fingerprint density at radius 2 is 1.22 bits per heavy atom. The van der Waals surface area contributed by atoms with Crippen LogP contribution in [0.1, 0.15) is 151 Å². The molecule has 0 atom stereocenters. The van der Waals surface area contributed by atoms with Crippen LogP contribution in [0, 0.1) is 22.7 Å². The lowest BCUT2D eigenvalue weighted by Gasteiger charge is -2.32. The highest BCUT2D eigenvalue weighted by Crippen LogP contribution is 2.48. The van der Waals surface area contributed by atoms with Crippen molar-refractivity contribution in [2.75, 3.05) is 36.4 Å². The van der Waals surface area contributed by atoms with Crippen molar-refractivity contribution >= 4 is 40.3 Å². The number of aliphatic hydroxyl groups is 1. The number of carbonyl (C=O) groups excluding carboxylic acids is 4. The average molecular weight is 799 g/mol. The molecular weight excluding hydrogens is 729 g/mol. The molecule has 0 aromatic heterocycles. The molecule has 10 nitrogen and oxygen atoms in total. The first kappa shape index (κ1) is 44.8. The van der Waals surface area contributed by atoms with Gasteiger partial charge in [-0.2, -0.15) is 0 Å². The molecule has 5 rings (SSSR count). The zero-order valence-corrected chi connectivity index (χ0v) is 36.6. The second-order valence-corrected chi connectivity index (χ2v) is 18.3. The van der Waals surface area contributed by atoms with E-state index < -0.39 is 28.2 Å². The highest BCUT2D eigenvalue weighted by molar-refractivity contribution is 6.42. The van der Waals surface area contributed by atoms with E-state index in [0.29, 0.717) is 37.3 Å². The van der Waals surface area contributed by atoms with Crippen LogP contribution in [-0.2, 0) is 19.2 Å². The van der Waals surface area contributed by atoms with Gasteiger partial charge in [-0.3, -0.25) is 19.2 Å². The molecule has 0 saturated heterocycles. The van der Waals surface area contributed by atoms with E-state index in [0.717, 1.165) is 50.6 Å². The fraction of sp³-hybridized carbons (Fsp3) is 0.625. The lowest BCUT2D eigenvalue weighted by Crippen LogP contribution is -2.39. The Morgan fingerprint density at radius 3 is 1.72 bits per heavy atom. The summed E-state index contributed by atoms with van der Waals surface area (Å²) in [6.45, 7) is 18.0. The van der Waals surface area contributed by atoms with E-state index in [-0.39, 0.29) is 51.2 Å². The number of benzene rings is 1. The summed E-state index contributed by atoms with van der Waals surface area (Å²) in [7, 11) is 0. The molecule has 4 aliphatic carbocycles.